The molecule has 0 atom stereocenters. The maximum atomic E-state index is 10.7. The van der Waals surface area contributed by atoms with Crippen LogP contribution in [0, 0.1) is 10.1 Å². The Morgan fingerprint density at radius 3 is 2.72 bits per heavy atom. The Kier molecular flexibility index (Phi) is 3.54. The lowest BCUT2D eigenvalue weighted by molar-refractivity contribution is -0.395. The van der Waals surface area contributed by atoms with Gasteiger partial charge in [0.15, 0.2) is 0 Å². The lowest BCUT2D eigenvalue weighted by Crippen LogP contribution is -2.02. The van der Waals surface area contributed by atoms with E-state index in [2.05, 4.69) is 4.98 Å². The van der Waals surface area contributed by atoms with Crippen molar-refractivity contribution in [1.29, 1.82) is 0 Å². The van der Waals surface area contributed by atoms with Crippen LogP contribution in [-0.4, -0.2) is 32.8 Å². The van der Waals surface area contributed by atoms with Crippen LogP contribution in [0.25, 0.3) is 5.69 Å². The molecule has 0 unspecified atom stereocenters. The second-order valence-electron chi connectivity index (χ2n) is 3.42. The minimum absolute atomic E-state index is 0.0608. The Bertz CT molecular complexity index is 535. The summed E-state index contributed by atoms with van der Waals surface area (Å²) in [5.74, 6) is 0.356. The molecule has 7 nitrogen and oxygen atoms in total. The zero-order valence-corrected chi connectivity index (χ0v) is 9.39. The molecule has 1 aromatic heterocycles. The van der Waals surface area contributed by atoms with Crippen molar-refractivity contribution in [3.63, 3.8) is 0 Å². The monoisotopic (exact) mass is 249 g/mol. The highest BCUT2D eigenvalue weighted by Crippen LogP contribution is 2.19. The number of benzene rings is 1. The van der Waals surface area contributed by atoms with E-state index in [-0.39, 0.29) is 19.2 Å². The molecule has 18 heavy (non-hydrogen) atoms. The van der Waals surface area contributed by atoms with E-state index in [1.165, 1.54) is 17.0 Å². The molecule has 0 spiro atoms. The van der Waals surface area contributed by atoms with E-state index >= 15 is 0 Å². The van der Waals surface area contributed by atoms with Gasteiger partial charge in [-0.1, -0.05) is 4.98 Å². The molecule has 0 aliphatic carbocycles. The van der Waals surface area contributed by atoms with Gasteiger partial charge < -0.3 is 20.0 Å². The molecule has 94 valence electrons. The van der Waals surface area contributed by atoms with E-state index in [0.29, 0.717) is 11.4 Å². The Hall–Kier alpha value is -2.41. The number of imidazole rings is 1. The smallest absolute Gasteiger partial charge is 0.439 e. The first-order chi connectivity index (χ1) is 8.72. The zero-order chi connectivity index (χ0) is 13.0. The summed E-state index contributed by atoms with van der Waals surface area (Å²) in [5, 5.41) is 19.4. The first kappa shape index (κ1) is 12.1. The van der Waals surface area contributed by atoms with Crippen LogP contribution in [-0.2, 0) is 0 Å². The number of hydrogen-bond acceptors (Lipinski definition) is 5. The van der Waals surface area contributed by atoms with Gasteiger partial charge in [-0.05, 0) is 29.2 Å². The number of nitro groups is 1. The molecule has 0 saturated heterocycles. The van der Waals surface area contributed by atoms with Crippen molar-refractivity contribution in [3.05, 3.63) is 46.8 Å². The van der Waals surface area contributed by atoms with E-state index < -0.39 is 4.92 Å². The van der Waals surface area contributed by atoms with Gasteiger partial charge in [0.1, 0.15) is 30.4 Å². The molecular formula is C11H11N3O4. The predicted molar refractivity (Wildman–Crippen MR) is 62.8 cm³/mol. The van der Waals surface area contributed by atoms with Gasteiger partial charge in [0.25, 0.3) is 0 Å². The summed E-state index contributed by atoms with van der Waals surface area (Å²) in [6.45, 7) is 0.152. The molecule has 0 aliphatic heterocycles. The number of aliphatic hydroxyl groups is 1. The molecule has 7 heteroatoms. The summed E-state index contributed by atoms with van der Waals surface area (Å²) < 4.78 is 6.57. The normalized spacial score (nSPS) is 10.3. The third kappa shape index (κ3) is 2.46. The highest BCUT2D eigenvalue weighted by atomic mass is 16.6. The molecule has 1 aromatic carbocycles. The van der Waals surface area contributed by atoms with Gasteiger partial charge in [-0.15, -0.1) is 0 Å². The fourth-order valence-corrected chi connectivity index (χ4v) is 1.50. The largest absolute Gasteiger partial charge is 0.491 e. The van der Waals surface area contributed by atoms with Crippen molar-refractivity contribution >= 4 is 5.95 Å². The maximum absolute atomic E-state index is 10.7. The van der Waals surface area contributed by atoms with Crippen LogP contribution in [0.1, 0.15) is 0 Å². The molecule has 1 heterocycles. The average molecular weight is 249 g/mol. The van der Waals surface area contributed by atoms with Crippen LogP contribution in [0.4, 0.5) is 5.95 Å². The van der Waals surface area contributed by atoms with Gasteiger partial charge in [0.05, 0.1) is 6.61 Å². The number of ether oxygens (including phenoxy) is 1. The first-order valence-corrected chi connectivity index (χ1v) is 5.24. The van der Waals surface area contributed by atoms with E-state index in [0.717, 1.165) is 0 Å². The van der Waals surface area contributed by atoms with E-state index in [4.69, 9.17) is 9.84 Å². The van der Waals surface area contributed by atoms with Gasteiger partial charge in [-0.3, -0.25) is 0 Å². The van der Waals surface area contributed by atoms with E-state index in [1.807, 2.05) is 0 Å². The lowest BCUT2D eigenvalue weighted by Gasteiger charge is -2.05. The Morgan fingerprint density at radius 2 is 2.11 bits per heavy atom. The molecule has 0 bridgehead atoms. The van der Waals surface area contributed by atoms with Crippen molar-refractivity contribution in [1.82, 2.24) is 9.55 Å². The van der Waals surface area contributed by atoms with Gasteiger partial charge in [0.2, 0.25) is 0 Å². The highest BCUT2D eigenvalue weighted by molar-refractivity contribution is 5.40. The Balaban J connectivity index is 2.23. The fraction of sp³-hybridized carbons (Fsp3) is 0.182. The molecule has 0 saturated carbocycles. The summed E-state index contributed by atoms with van der Waals surface area (Å²) >= 11 is 0. The van der Waals surface area contributed by atoms with Crippen LogP contribution in [0.3, 0.4) is 0 Å². The quantitative estimate of drug-likeness (QED) is 0.634. The first-order valence-electron chi connectivity index (χ1n) is 5.24. The topological polar surface area (TPSA) is 90.4 Å². The highest BCUT2D eigenvalue weighted by Gasteiger charge is 2.15. The number of aromatic nitrogens is 2. The number of nitrogens with zero attached hydrogens (tertiary/aromatic N) is 3. The zero-order valence-electron chi connectivity index (χ0n) is 9.39. The van der Waals surface area contributed by atoms with Crippen LogP contribution in [0.2, 0.25) is 0 Å². The fourth-order valence-electron chi connectivity index (χ4n) is 1.50. The van der Waals surface area contributed by atoms with Gasteiger partial charge >= 0.3 is 5.95 Å². The molecule has 2 aromatic rings. The van der Waals surface area contributed by atoms with Crippen molar-refractivity contribution in [2.75, 3.05) is 13.2 Å². The van der Waals surface area contributed by atoms with Crippen LogP contribution in [0.15, 0.2) is 36.7 Å². The summed E-state index contributed by atoms with van der Waals surface area (Å²) in [6.07, 6.45) is 2.88. The van der Waals surface area contributed by atoms with Gasteiger partial charge in [-0.2, -0.15) is 4.57 Å². The van der Waals surface area contributed by atoms with Crippen molar-refractivity contribution in [2.24, 2.45) is 0 Å². The predicted octanol–water partition coefficient (Wildman–Crippen LogP) is 1.15. The minimum Gasteiger partial charge on any atom is -0.491 e. The SMILES string of the molecule is O=[N+]([O-])c1nccn1-c1ccc(OCCO)cc1. The Morgan fingerprint density at radius 1 is 1.39 bits per heavy atom. The summed E-state index contributed by atoms with van der Waals surface area (Å²) in [6, 6.07) is 6.71. The average Bonchev–Trinajstić information content (AvgIpc) is 2.86. The molecular weight excluding hydrogens is 238 g/mol. The summed E-state index contributed by atoms with van der Waals surface area (Å²) in [7, 11) is 0. The molecule has 0 aliphatic rings. The van der Waals surface area contributed by atoms with Crippen molar-refractivity contribution < 1.29 is 14.8 Å². The Labute approximate surface area is 102 Å². The number of hydrogen-bond donors (Lipinski definition) is 1. The van der Waals surface area contributed by atoms with Gasteiger partial charge in [-0.25, -0.2) is 0 Å². The third-order valence-corrected chi connectivity index (χ3v) is 2.26. The van der Waals surface area contributed by atoms with Crippen LogP contribution >= 0.6 is 0 Å². The van der Waals surface area contributed by atoms with Gasteiger partial charge in [0, 0.05) is 0 Å². The molecule has 0 radical (unpaired) electrons. The lowest BCUT2D eigenvalue weighted by atomic mass is 10.3. The maximum Gasteiger partial charge on any atom is 0.439 e. The minimum atomic E-state index is -0.545. The summed E-state index contributed by atoms with van der Waals surface area (Å²) in [4.78, 5) is 13.9. The molecule has 0 amide bonds. The van der Waals surface area contributed by atoms with Crippen molar-refractivity contribution in [3.8, 4) is 11.4 Å². The molecule has 0 fully saturated rings. The van der Waals surface area contributed by atoms with Crippen molar-refractivity contribution in [2.45, 2.75) is 0 Å². The van der Waals surface area contributed by atoms with E-state index in [9.17, 15) is 10.1 Å². The van der Waals surface area contributed by atoms with E-state index in [1.54, 1.807) is 24.3 Å². The second-order valence-corrected chi connectivity index (χ2v) is 3.42. The molecule has 1 N–H and O–H groups in total. The van der Waals surface area contributed by atoms with Crippen LogP contribution in [0.5, 0.6) is 5.75 Å². The van der Waals surface area contributed by atoms with Crippen LogP contribution < -0.4 is 4.74 Å². The molecule has 2 rings (SSSR count). The summed E-state index contributed by atoms with van der Waals surface area (Å²) in [5.41, 5.74) is 0.621. The third-order valence-electron chi connectivity index (χ3n) is 2.26. The number of aliphatic hydroxyl groups excluding tert-OH is 1. The number of rotatable bonds is 5. The second kappa shape index (κ2) is 5.28. The standard InChI is InChI=1S/C11H11N3O4/c15-7-8-18-10-3-1-9(2-4-10)13-6-5-12-11(13)14(16)17/h1-6,15H,7-8H2.